The molecule has 2 aromatic rings. The molecule has 21 heavy (non-hydrogen) atoms. The van der Waals surface area contributed by atoms with Crippen LogP contribution in [0.1, 0.15) is 17.8 Å². The number of carbonyl (C=O) groups is 1. The zero-order valence-corrected chi connectivity index (χ0v) is 12.7. The van der Waals surface area contributed by atoms with Gasteiger partial charge in [0.05, 0.1) is 13.7 Å². The number of rotatable bonds is 6. The maximum atomic E-state index is 12.1. The van der Waals surface area contributed by atoms with Crippen molar-refractivity contribution in [2.24, 2.45) is 7.05 Å². The Kier molecular flexibility index (Phi) is 4.98. The van der Waals surface area contributed by atoms with E-state index in [1.54, 1.807) is 18.2 Å². The van der Waals surface area contributed by atoms with E-state index in [4.69, 9.17) is 4.74 Å². The quantitative estimate of drug-likeness (QED) is 0.816. The molecule has 1 aromatic carbocycles. The summed E-state index contributed by atoms with van der Waals surface area (Å²) in [5, 5.41) is 0. The summed E-state index contributed by atoms with van der Waals surface area (Å²) >= 11 is 0. The highest BCUT2D eigenvalue weighted by atomic mass is 16.5. The molecular formula is C16H21N3O2. The van der Waals surface area contributed by atoms with Crippen LogP contribution < -0.4 is 4.74 Å². The highest BCUT2D eigenvalue weighted by molar-refractivity contribution is 5.76. The van der Waals surface area contributed by atoms with Crippen LogP contribution in [-0.4, -0.2) is 34.5 Å². The molecule has 2 rings (SSSR count). The van der Waals surface area contributed by atoms with E-state index in [2.05, 4.69) is 4.98 Å². The molecule has 112 valence electrons. The molecule has 0 atom stereocenters. The predicted octanol–water partition coefficient (Wildman–Crippen LogP) is 2.02. The molecule has 0 aliphatic rings. The number of ether oxygens (including phenoxy) is 1. The number of aryl methyl sites for hydroxylation is 2. The van der Waals surface area contributed by atoms with Gasteiger partial charge in [0.15, 0.2) is 0 Å². The number of imidazole rings is 1. The zero-order valence-electron chi connectivity index (χ0n) is 12.7. The lowest BCUT2D eigenvalue weighted by Crippen LogP contribution is -2.27. The predicted molar refractivity (Wildman–Crippen MR) is 81.0 cm³/mol. The minimum Gasteiger partial charge on any atom is -0.497 e. The minimum atomic E-state index is 0.119. The van der Waals surface area contributed by atoms with Gasteiger partial charge in [-0.25, -0.2) is 4.98 Å². The Morgan fingerprint density at radius 2 is 2.05 bits per heavy atom. The molecule has 5 nitrogen and oxygen atoms in total. The highest BCUT2D eigenvalue weighted by Crippen LogP contribution is 2.13. The Morgan fingerprint density at radius 3 is 2.62 bits per heavy atom. The summed E-state index contributed by atoms with van der Waals surface area (Å²) in [6.45, 7) is 0.533. The Bertz CT molecular complexity index is 590. The van der Waals surface area contributed by atoms with E-state index >= 15 is 0 Å². The summed E-state index contributed by atoms with van der Waals surface area (Å²) in [5.74, 6) is 1.83. The first-order chi connectivity index (χ1) is 10.1. The third kappa shape index (κ3) is 4.08. The largest absolute Gasteiger partial charge is 0.497 e. The number of nitrogens with zero attached hydrogens (tertiary/aromatic N) is 3. The van der Waals surface area contributed by atoms with Gasteiger partial charge in [0.2, 0.25) is 5.91 Å². The van der Waals surface area contributed by atoms with E-state index in [9.17, 15) is 4.79 Å². The van der Waals surface area contributed by atoms with Crippen LogP contribution in [0, 0.1) is 0 Å². The Morgan fingerprint density at radius 1 is 1.33 bits per heavy atom. The lowest BCUT2D eigenvalue weighted by atomic mass is 10.1. The Labute approximate surface area is 125 Å². The molecule has 0 aliphatic carbocycles. The maximum Gasteiger partial charge on any atom is 0.223 e. The first-order valence-electron chi connectivity index (χ1n) is 6.93. The Hall–Kier alpha value is -2.30. The van der Waals surface area contributed by atoms with Crippen molar-refractivity contribution in [2.45, 2.75) is 19.4 Å². The molecular weight excluding hydrogens is 266 g/mol. The van der Waals surface area contributed by atoms with Gasteiger partial charge in [-0.2, -0.15) is 0 Å². The van der Waals surface area contributed by atoms with Crippen LogP contribution in [-0.2, 0) is 24.8 Å². The monoisotopic (exact) mass is 287 g/mol. The van der Waals surface area contributed by atoms with Gasteiger partial charge in [-0.3, -0.25) is 4.79 Å². The van der Waals surface area contributed by atoms with E-state index in [1.165, 1.54) is 0 Å². The second-order valence-electron chi connectivity index (χ2n) is 5.05. The molecule has 0 unspecified atom stereocenters. The van der Waals surface area contributed by atoms with Crippen molar-refractivity contribution >= 4 is 5.91 Å². The van der Waals surface area contributed by atoms with Crippen LogP contribution >= 0.6 is 0 Å². The number of hydrogen-bond donors (Lipinski definition) is 0. The molecule has 1 heterocycles. The number of carbonyl (C=O) groups excluding carboxylic acids is 1. The van der Waals surface area contributed by atoms with Crippen molar-refractivity contribution in [2.75, 3.05) is 14.2 Å². The molecule has 0 bridgehead atoms. The van der Waals surface area contributed by atoms with Crippen molar-refractivity contribution in [1.82, 2.24) is 14.5 Å². The second kappa shape index (κ2) is 6.92. The fourth-order valence-corrected chi connectivity index (χ4v) is 2.08. The average molecular weight is 287 g/mol. The van der Waals surface area contributed by atoms with Gasteiger partial charge in [-0.1, -0.05) is 12.1 Å². The number of benzene rings is 1. The number of hydrogen-bond acceptors (Lipinski definition) is 3. The molecule has 0 aliphatic heterocycles. The van der Waals surface area contributed by atoms with Crippen molar-refractivity contribution in [1.29, 1.82) is 0 Å². The summed E-state index contributed by atoms with van der Waals surface area (Å²) in [4.78, 5) is 18.1. The van der Waals surface area contributed by atoms with Crippen LogP contribution in [0.15, 0.2) is 36.7 Å². The number of aromatic nitrogens is 2. The van der Waals surface area contributed by atoms with Crippen LogP contribution in [0.3, 0.4) is 0 Å². The molecule has 5 heteroatoms. The van der Waals surface area contributed by atoms with Gasteiger partial charge in [-0.05, 0) is 24.1 Å². The molecule has 1 amide bonds. The summed E-state index contributed by atoms with van der Waals surface area (Å²) < 4.78 is 7.04. The van der Waals surface area contributed by atoms with Gasteiger partial charge in [0, 0.05) is 32.9 Å². The van der Waals surface area contributed by atoms with Crippen LogP contribution in [0.25, 0.3) is 0 Å². The number of methoxy groups -OCH3 is 1. The van der Waals surface area contributed by atoms with Gasteiger partial charge < -0.3 is 14.2 Å². The summed E-state index contributed by atoms with van der Waals surface area (Å²) in [6, 6.07) is 7.81. The molecule has 0 fully saturated rings. The lowest BCUT2D eigenvalue weighted by Gasteiger charge is -2.17. The van der Waals surface area contributed by atoms with Gasteiger partial charge in [0.25, 0.3) is 0 Å². The van der Waals surface area contributed by atoms with Crippen LogP contribution in [0.2, 0.25) is 0 Å². The summed E-state index contributed by atoms with van der Waals surface area (Å²) in [7, 11) is 5.38. The van der Waals surface area contributed by atoms with E-state index in [0.717, 1.165) is 23.6 Å². The average Bonchev–Trinajstić information content (AvgIpc) is 2.90. The third-order valence-electron chi connectivity index (χ3n) is 3.51. The zero-order chi connectivity index (χ0) is 15.2. The standard InChI is InChI=1S/C16H21N3O2/c1-18-11-10-17-15(18)12-19(2)16(20)9-6-13-4-7-14(21-3)8-5-13/h4-5,7-8,10-11H,6,9,12H2,1-3H3. The second-order valence-corrected chi connectivity index (χ2v) is 5.05. The normalized spacial score (nSPS) is 10.4. The molecule has 0 N–H and O–H groups in total. The van der Waals surface area contributed by atoms with E-state index in [0.29, 0.717) is 13.0 Å². The van der Waals surface area contributed by atoms with Gasteiger partial charge >= 0.3 is 0 Å². The van der Waals surface area contributed by atoms with Gasteiger partial charge in [-0.15, -0.1) is 0 Å². The maximum absolute atomic E-state index is 12.1. The summed E-state index contributed by atoms with van der Waals surface area (Å²) in [6.07, 6.45) is 4.84. The first-order valence-corrected chi connectivity index (χ1v) is 6.93. The van der Waals surface area contributed by atoms with Crippen molar-refractivity contribution in [3.63, 3.8) is 0 Å². The fraction of sp³-hybridized carbons (Fsp3) is 0.375. The van der Waals surface area contributed by atoms with Crippen molar-refractivity contribution < 1.29 is 9.53 Å². The summed E-state index contributed by atoms with van der Waals surface area (Å²) in [5.41, 5.74) is 1.13. The highest BCUT2D eigenvalue weighted by Gasteiger charge is 2.11. The SMILES string of the molecule is COc1ccc(CCC(=O)N(C)Cc2nccn2C)cc1. The molecule has 0 spiro atoms. The van der Waals surface area contributed by atoms with Crippen LogP contribution in [0.5, 0.6) is 5.75 Å². The minimum absolute atomic E-state index is 0.119. The Balaban J connectivity index is 1.84. The topological polar surface area (TPSA) is 47.4 Å². The number of amides is 1. The molecule has 0 saturated heterocycles. The fourth-order valence-electron chi connectivity index (χ4n) is 2.08. The molecule has 0 saturated carbocycles. The van der Waals surface area contributed by atoms with E-state index in [1.807, 2.05) is 49.1 Å². The van der Waals surface area contributed by atoms with Crippen molar-refractivity contribution in [3.05, 3.63) is 48.0 Å². The smallest absolute Gasteiger partial charge is 0.223 e. The van der Waals surface area contributed by atoms with E-state index in [-0.39, 0.29) is 5.91 Å². The first kappa shape index (κ1) is 15.1. The van der Waals surface area contributed by atoms with E-state index < -0.39 is 0 Å². The van der Waals surface area contributed by atoms with Crippen LogP contribution in [0.4, 0.5) is 0 Å². The lowest BCUT2D eigenvalue weighted by molar-refractivity contribution is -0.130. The molecule has 0 radical (unpaired) electrons. The molecule has 1 aromatic heterocycles. The van der Waals surface area contributed by atoms with Crippen molar-refractivity contribution in [3.8, 4) is 5.75 Å². The third-order valence-corrected chi connectivity index (χ3v) is 3.51. The van der Waals surface area contributed by atoms with Gasteiger partial charge in [0.1, 0.15) is 11.6 Å².